The quantitative estimate of drug-likeness (QED) is 0.553. The van der Waals surface area contributed by atoms with Gasteiger partial charge in [-0.15, -0.1) is 0 Å². The molecule has 0 spiro atoms. The summed E-state index contributed by atoms with van der Waals surface area (Å²) in [5, 5.41) is 0. The number of carbonyl (C=O) groups is 2. The van der Waals surface area contributed by atoms with Gasteiger partial charge in [-0.2, -0.15) is 0 Å². The maximum absolute atomic E-state index is 10.8. The third kappa shape index (κ3) is 6.04. The summed E-state index contributed by atoms with van der Waals surface area (Å²) in [7, 11) is 0. The molecule has 0 aromatic carbocycles. The van der Waals surface area contributed by atoms with Gasteiger partial charge >= 0.3 is 0 Å². The maximum Gasteiger partial charge on any atom is 0.143 e. The molecule has 0 fully saturated rings. The number of ketones is 1. The molecule has 0 atom stereocenters. The van der Waals surface area contributed by atoms with Crippen molar-refractivity contribution >= 4 is 12.1 Å². The average molecular weight is 171 g/mol. The number of aldehydes is 1. The van der Waals surface area contributed by atoms with Crippen LogP contribution in [-0.4, -0.2) is 36.6 Å². The minimum absolute atomic E-state index is 0.109. The van der Waals surface area contributed by atoms with Crippen molar-refractivity contribution in [1.82, 2.24) is 4.90 Å². The highest BCUT2D eigenvalue weighted by Crippen LogP contribution is 1.97. The van der Waals surface area contributed by atoms with E-state index in [1.165, 1.54) is 6.92 Å². The largest absolute Gasteiger partial charge is 0.302 e. The van der Waals surface area contributed by atoms with Crippen LogP contribution in [0, 0.1) is 5.92 Å². The number of hydrogen-bond donors (Lipinski definition) is 0. The second-order valence-electron chi connectivity index (χ2n) is 3.46. The summed E-state index contributed by atoms with van der Waals surface area (Å²) in [5.41, 5.74) is 0. The van der Waals surface area contributed by atoms with E-state index in [9.17, 15) is 9.59 Å². The first-order chi connectivity index (χ1) is 5.56. The Kier molecular flexibility index (Phi) is 5.54. The summed E-state index contributed by atoms with van der Waals surface area (Å²) in [4.78, 5) is 22.8. The van der Waals surface area contributed by atoms with E-state index in [0.29, 0.717) is 19.0 Å². The molecule has 0 aliphatic carbocycles. The molecule has 0 amide bonds. The van der Waals surface area contributed by atoms with Crippen LogP contribution >= 0.6 is 0 Å². The highest BCUT2D eigenvalue weighted by molar-refractivity contribution is 5.77. The molecule has 0 radical (unpaired) electrons. The zero-order valence-electron chi connectivity index (χ0n) is 8.04. The van der Waals surface area contributed by atoms with Crippen molar-refractivity contribution in [2.75, 3.05) is 19.6 Å². The fourth-order valence-corrected chi connectivity index (χ4v) is 1.14. The molecule has 0 aliphatic rings. The van der Waals surface area contributed by atoms with E-state index in [1.807, 2.05) is 4.90 Å². The molecule has 0 saturated carbocycles. The zero-order valence-corrected chi connectivity index (χ0v) is 8.04. The van der Waals surface area contributed by atoms with Gasteiger partial charge in [-0.25, -0.2) is 0 Å². The van der Waals surface area contributed by atoms with Crippen LogP contribution in [0.15, 0.2) is 0 Å². The molecular weight excluding hydrogens is 154 g/mol. The number of nitrogens with zero attached hydrogens (tertiary/aromatic N) is 1. The molecule has 70 valence electrons. The Morgan fingerprint density at radius 1 is 1.50 bits per heavy atom. The number of hydrogen-bond acceptors (Lipinski definition) is 3. The Balaban J connectivity index is 3.85. The van der Waals surface area contributed by atoms with Crippen LogP contribution in [0.4, 0.5) is 0 Å². The molecule has 3 heteroatoms. The smallest absolute Gasteiger partial charge is 0.143 e. The van der Waals surface area contributed by atoms with Gasteiger partial charge in [0.2, 0.25) is 0 Å². The molecule has 0 unspecified atom stereocenters. The van der Waals surface area contributed by atoms with E-state index in [1.54, 1.807) is 0 Å². The maximum atomic E-state index is 10.8. The van der Waals surface area contributed by atoms with Gasteiger partial charge in [-0.3, -0.25) is 9.69 Å². The number of carbonyl (C=O) groups excluding carboxylic acids is 2. The molecule has 0 saturated heterocycles. The van der Waals surface area contributed by atoms with Gasteiger partial charge in [-0.05, 0) is 12.8 Å². The topological polar surface area (TPSA) is 37.4 Å². The minimum Gasteiger partial charge on any atom is -0.302 e. The SMILES string of the molecule is CC(=O)CN(CC=O)CC(C)C. The molecule has 12 heavy (non-hydrogen) atoms. The predicted molar refractivity (Wildman–Crippen MR) is 48.0 cm³/mol. The van der Waals surface area contributed by atoms with Crippen molar-refractivity contribution in [3.63, 3.8) is 0 Å². The Hall–Kier alpha value is -0.700. The summed E-state index contributed by atoms with van der Waals surface area (Å²) in [6.45, 7) is 7.22. The van der Waals surface area contributed by atoms with Crippen LogP contribution in [0.3, 0.4) is 0 Å². The second kappa shape index (κ2) is 5.89. The molecule has 3 nitrogen and oxygen atoms in total. The molecule has 0 aromatic rings. The van der Waals surface area contributed by atoms with E-state index in [2.05, 4.69) is 13.8 Å². The lowest BCUT2D eigenvalue weighted by Gasteiger charge is -2.19. The minimum atomic E-state index is 0.109. The predicted octanol–water partition coefficient (Wildman–Crippen LogP) is 0.732. The molecule has 0 aromatic heterocycles. The van der Waals surface area contributed by atoms with Gasteiger partial charge in [0.1, 0.15) is 12.1 Å². The van der Waals surface area contributed by atoms with Crippen LogP contribution < -0.4 is 0 Å². The van der Waals surface area contributed by atoms with E-state index >= 15 is 0 Å². The van der Waals surface area contributed by atoms with Gasteiger partial charge in [0, 0.05) is 6.54 Å². The van der Waals surface area contributed by atoms with Crippen LogP contribution in [0.1, 0.15) is 20.8 Å². The highest BCUT2D eigenvalue weighted by atomic mass is 16.1. The molecule has 0 heterocycles. The van der Waals surface area contributed by atoms with Gasteiger partial charge in [0.25, 0.3) is 0 Å². The highest BCUT2D eigenvalue weighted by Gasteiger charge is 2.08. The first-order valence-electron chi connectivity index (χ1n) is 4.21. The lowest BCUT2D eigenvalue weighted by Crippen LogP contribution is -2.33. The monoisotopic (exact) mass is 171 g/mol. The second-order valence-corrected chi connectivity index (χ2v) is 3.46. The van der Waals surface area contributed by atoms with Crippen LogP contribution in [0.2, 0.25) is 0 Å². The van der Waals surface area contributed by atoms with E-state index in [4.69, 9.17) is 0 Å². The fraction of sp³-hybridized carbons (Fsp3) is 0.778. The summed E-state index contributed by atoms with van der Waals surface area (Å²) in [6.07, 6.45) is 0.839. The fourth-order valence-electron chi connectivity index (χ4n) is 1.14. The van der Waals surface area contributed by atoms with Gasteiger partial charge in [0.15, 0.2) is 0 Å². The standard InChI is InChI=1S/C9H17NO2/c1-8(2)6-10(4-5-11)7-9(3)12/h5,8H,4,6-7H2,1-3H3. The van der Waals surface area contributed by atoms with E-state index in [0.717, 1.165) is 12.8 Å². The Bertz CT molecular complexity index is 155. The molecule has 0 aliphatic heterocycles. The number of Topliss-reactive ketones (excluding diaryl/α,β-unsaturated/α-hetero) is 1. The van der Waals surface area contributed by atoms with Crippen LogP contribution in [0.5, 0.6) is 0 Å². The lowest BCUT2D eigenvalue weighted by molar-refractivity contribution is -0.118. The molecular formula is C9H17NO2. The third-order valence-electron chi connectivity index (χ3n) is 1.40. The van der Waals surface area contributed by atoms with Gasteiger partial charge in [-0.1, -0.05) is 13.8 Å². The molecule has 0 bridgehead atoms. The molecule has 0 N–H and O–H groups in total. The first-order valence-corrected chi connectivity index (χ1v) is 4.21. The average Bonchev–Trinajstić information content (AvgIpc) is 1.84. The number of rotatable bonds is 6. The van der Waals surface area contributed by atoms with E-state index < -0.39 is 0 Å². The van der Waals surface area contributed by atoms with E-state index in [-0.39, 0.29) is 5.78 Å². The summed E-state index contributed by atoms with van der Waals surface area (Å²) in [5.74, 6) is 0.599. The first kappa shape index (κ1) is 11.3. The summed E-state index contributed by atoms with van der Waals surface area (Å²) >= 11 is 0. The Labute approximate surface area is 73.7 Å². The normalized spacial score (nSPS) is 10.8. The van der Waals surface area contributed by atoms with Crippen LogP contribution in [0.25, 0.3) is 0 Å². The van der Waals surface area contributed by atoms with Crippen molar-refractivity contribution in [2.45, 2.75) is 20.8 Å². The van der Waals surface area contributed by atoms with Crippen molar-refractivity contribution in [3.8, 4) is 0 Å². The van der Waals surface area contributed by atoms with Crippen molar-refractivity contribution < 1.29 is 9.59 Å². The van der Waals surface area contributed by atoms with Crippen molar-refractivity contribution in [3.05, 3.63) is 0 Å². The van der Waals surface area contributed by atoms with Gasteiger partial charge in [0.05, 0.1) is 13.1 Å². The van der Waals surface area contributed by atoms with Crippen molar-refractivity contribution in [2.24, 2.45) is 5.92 Å². The van der Waals surface area contributed by atoms with Gasteiger partial charge < -0.3 is 4.79 Å². The Morgan fingerprint density at radius 3 is 2.42 bits per heavy atom. The Morgan fingerprint density at radius 2 is 2.08 bits per heavy atom. The molecule has 0 rings (SSSR count). The van der Waals surface area contributed by atoms with Crippen LogP contribution in [-0.2, 0) is 9.59 Å². The third-order valence-corrected chi connectivity index (χ3v) is 1.40. The zero-order chi connectivity index (χ0) is 9.56. The summed E-state index contributed by atoms with van der Waals surface area (Å²) in [6, 6.07) is 0. The van der Waals surface area contributed by atoms with Crippen molar-refractivity contribution in [1.29, 1.82) is 0 Å². The lowest BCUT2D eigenvalue weighted by atomic mass is 10.2. The summed E-state index contributed by atoms with van der Waals surface area (Å²) < 4.78 is 0.